The van der Waals surface area contributed by atoms with Crippen LogP contribution in [0, 0.1) is 11.8 Å². The summed E-state index contributed by atoms with van der Waals surface area (Å²) >= 11 is 1.66. The van der Waals surface area contributed by atoms with Crippen molar-refractivity contribution in [3.8, 4) is 0 Å². The lowest BCUT2D eigenvalue weighted by Gasteiger charge is -2.23. The molecular formula is C10H13NOS. The van der Waals surface area contributed by atoms with Crippen LogP contribution in [-0.2, 0) is 6.42 Å². The van der Waals surface area contributed by atoms with E-state index in [2.05, 4.69) is 4.98 Å². The largest absolute Gasteiger partial charge is 0.389 e. The van der Waals surface area contributed by atoms with E-state index in [4.69, 9.17) is 0 Å². The predicted octanol–water partition coefficient (Wildman–Crippen LogP) is 1.85. The highest BCUT2D eigenvalue weighted by Crippen LogP contribution is 2.58. The Labute approximate surface area is 81.6 Å². The van der Waals surface area contributed by atoms with Crippen LogP contribution in [0.3, 0.4) is 0 Å². The first kappa shape index (κ1) is 7.94. The molecule has 1 heterocycles. The number of hydrogen-bond acceptors (Lipinski definition) is 3. The molecule has 0 spiro atoms. The van der Waals surface area contributed by atoms with Crippen LogP contribution in [0.2, 0.25) is 0 Å². The van der Waals surface area contributed by atoms with Gasteiger partial charge in [0.1, 0.15) is 0 Å². The van der Waals surface area contributed by atoms with Gasteiger partial charge < -0.3 is 5.11 Å². The van der Waals surface area contributed by atoms with Crippen LogP contribution >= 0.6 is 11.3 Å². The lowest BCUT2D eigenvalue weighted by Crippen LogP contribution is -2.31. The summed E-state index contributed by atoms with van der Waals surface area (Å²) in [5.41, 5.74) is 1.47. The number of aromatic nitrogens is 1. The molecule has 3 atom stereocenters. The lowest BCUT2D eigenvalue weighted by molar-refractivity contribution is 0.0260. The molecule has 2 aliphatic carbocycles. The Balaban J connectivity index is 1.78. The first-order valence-corrected chi connectivity index (χ1v) is 5.76. The molecule has 1 aromatic rings. The molecule has 0 amide bonds. The number of thiazole rings is 1. The summed E-state index contributed by atoms with van der Waals surface area (Å²) in [5.74, 6) is 1.45. The summed E-state index contributed by atoms with van der Waals surface area (Å²) in [6, 6.07) is 0. The van der Waals surface area contributed by atoms with Crippen molar-refractivity contribution in [1.82, 2.24) is 4.98 Å². The maximum Gasteiger partial charge on any atom is 0.0794 e. The number of hydrogen-bond donors (Lipinski definition) is 1. The molecule has 3 rings (SSSR count). The number of nitrogens with zero attached hydrogens (tertiary/aromatic N) is 1. The summed E-state index contributed by atoms with van der Waals surface area (Å²) in [6.45, 7) is 0. The van der Waals surface area contributed by atoms with Gasteiger partial charge in [0.05, 0.1) is 11.1 Å². The van der Waals surface area contributed by atoms with E-state index in [0.717, 1.165) is 18.8 Å². The van der Waals surface area contributed by atoms with Crippen LogP contribution in [0.4, 0.5) is 0 Å². The van der Waals surface area contributed by atoms with E-state index >= 15 is 0 Å². The maximum atomic E-state index is 10.4. The highest BCUT2D eigenvalue weighted by Gasteiger charge is 2.56. The number of aliphatic hydroxyl groups is 1. The second-order valence-electron chi connectivity index (χ2n) is 4.39. The first-order valence-electron chi connectivity index (χ1n) is 4.88. The fraction of sp³-hybridized carbons (Fsp3) is 0.700. The molecule has 13 heavy (non-hydrogen) atoms. The molecule has 0 saturated heterocycles. The summed E-state index contributed by atoms with van der Waals surface area (Å²) in [6.07, 6.45) is 6.21. The van der Waals surface area contributed by atoms with Gasteiger partial charge in [0.15, 0.2) is 0 Å². The fourth-order valence-corrected chi connectivity index (χ4v) is 3.41. The summed E-state index contributed by atoms with van der Waals surface area (Å²) in [5, 5.41) is 10.4. The second-order valence-corrected chi connectivity index (χ2v) is 5.36. The molecular weight excluding hydrogens is 182 g/mol. The average molecular weight is 195 g/mol. The van der Waals surface area contributed by atoms with Gasteiger partial charge in [0.2, 0.25) is 0 Å². The van der Waals surface area contributed by atoms with Crippen LogP contribution in [0.5, 0.6) is 0 Å². The van der Waals surface area contributed by atoms with Gasteiger partial charge in [-0.2, -0.15) is 0 Å². The molecule has 0 radical (unpaired) electrons. The van der Waals surface area contributed by atoms with Crippen molar-refractivity contribution in [3.63, 3.8) is 0 Å². The Morgan fingerprint density at radius 3 is 3.15 bits per heavy atom. The normalized spacial score (nSPS) is 41.9. The molecule has 1 aromatic heterocycles. The fourth-order valence-electron chi connectivity index (χ4n) is 2.70. The Kier molecular flexibility index (Phi) is 1.56. The van der Waals surface area contributed by atoms with E-state index in [-0.39, 0.29) is 5.60 Å². The molecule has 0 bridgehead atoms. The first-order chi connectivity index (χ1) is 6.28. The lowest BCUT2D eigenvalue weighted by atomic mass is 9.93. The minimum Gasteiger partial charge on any atom is -0.389 e. The number of fused-ring (bicyclic) bond motifs is 1. The summed E-state index contributed by atoms with van der Waals surface area (Å²) in [4.78, 5) is 5.27. The van der Waals surface area contributed by atoms with Crippen molar-refractivity contribution >= 4 is 11.3 Å². The Hall–Kier alpha value is -0.410. The minimum absolute atomic E-state index is 0.378. The molecule has 2 nitrogen and oxygen atoms in total. The van der Waals surface area contributed by atoms with Gasteiger partial charge in [-0.3, -0.25) is 4.98 Å². The Bertz CT molecular complexity index is 311. The Morgan fingerprint density at radius 1 is 1.69 bits per heavy atom. The highest BCUT2D eigenvalue weighted by molar-refractivity contribution is 7.09. The molecule has 2 saturated carbocycles. The Morgan fingerprint density at radius 2 is 2.62 bits per heavy atom. The molecule has 1 N–H and O–H groups in total. The smallest absolute Gasteiger partial charge is 0.0794 e. The van der Waals surface area contributed by atoms with Gasteiger partial charge in [-0.1, -0.05) is 0 Å². The zero-order chi connectivity index (χ0) is 8.89. The van der Waals surface area contributed by atoms with E-state index < -0.39 is 0 Å². The predicted molar refractivity (Wildman–Crippen MR) is 51.6 cm³/mol. The molecule has 3 unspecified atom stereocenters. The number of rotatable bonds is 2. The third-order valence-corrected chi connectivity index (χ3v) is 4.30. The van der Waals surface area contributed by atoms with Gasteiger partial charge in [0, 0.05) is 17.5 Å². The van der Waals surface area contributed by atoms with E-state index in [1.165, 1.54) is 17.7 Å². The zero-order valence-corrected chi connectivity index (χ0v) is 8.26. The standard InChI is InChI=1S/C10H13NOS/c12-10(2-1-7-3-9(7)10)4-8-5-11-6-13-8/h5-7,9,12H,1-4H2. The van der Waals surface area contributed by atoms with Gasteiger partial charge >= 0.3 is 0 Å². The molecule has 2 aliphatic rings. The van der Waals surface area contributed by atoms with Crippen LogP contribution in [0.25, 0.3) is 0 Å². The van der Waals surface area contributed by atoms with Crippen molar-refractivity contribution < 1.29 is 5.11 Å². The zero-order valence-electron chi connectivity index (χ0n) is 7.44. The average Bonchev–Trinajstić information content (AvgIpc) is 2.63. The van der Waals surface area contributed by atoms with E-state index in [1.807, 2.05) is 11.7 Å². The third-order valence-electron chi connectivity index (χ3n) is 3.52. The van der Waals surface area contributed by atoms with E-state index in [0.29, 0.717) is 5.92 Å². The second kappa shape index (κ2) is 2.55. The summed E-state index contributed by atoms with van der Waals surface area (Å²) in [7, 11) is 0. The van der Waals surface area contributed by atoms with Gasteiger partial charge in [-0.15, -0.1) is 11.3 Å². The quantitative estimate of drug-likeness (QED) is 0.781. The van der Waals surface area contributed by atoms with E-state index in [1.54, 1.807) is 11.3 Å². The van der Waals surface area contributed by atoms with E-state index in [9.17, 15) is 5.11 Å². The maximum absolute atomic E-state index is 10.4. The van der Waals surface area contributed by atoms with Gasteiger partial charge in [0.25, 0.3) is 0 Å². The summed E-state index contributed by atoms with van der Waals surface area (Å²) < 4.78 is 0. The van der Waals surface area contributed by atoms with Crippen molar-refractivity contribution in [2.24, 2.45) is 11.8 Å². The molecule has 3 heteroatoms. The van der Waals surface area contributed by atoms with Crippen LogP contribution < -0.4 is 0 Å². The highest BCUT2D eigenvalue weighted by atomic mass is 32.1. The van der Waals surface area contributed by atoms with Crippen LogP contribution in [0.1, 0.15) is 24.1 Å². The molecule has 0 aliphatic heterocycles. The van der Waals surface area contributed by atoms with Crippen molar-refractivity contribution in [2.45, 2.75) is 31.3 Å². The molecule has 0 aromatic carbocycles. The van der Waals surface area contributed by atoms with Gasteiger partial charge in [-0.05, 0) is 31.1 Å². The monoisotopic (exact) mass is 195 g/mol. The van der Waals surface area contributed by atoms with Crippen molar-refractivity contribution in [2.75, 3.05) is 0 Å². The molecule has 2 fully saturated rings. The third kappa shape index (κ3) is 1.22. The SMILES string of the molecule is OC1(Cc2cncs2)CCC2CC21. The van der Waals surface area contributed by atoms with Crippen molar-refractivity contribution in [3.05, 3.63) is 16.6 Å². The van der Waals surface area contributed by atoms with Crippen LogP contribution in [0.15, 0.2) is 11.7 Å². The van der Waals surface area contributed by atoms with Crippen molar-refractivity contribution in [1.29, 1.82) is 0 Å². The van der Waals surface area contributed by atoms with Gasteiger partial charge in [-0.25, -0.2) is 0 Å². The minimum atomic E-state index is -0.378. The molecule has 70 valence electrons. The topological polar surface area (TPSA) is 33.1 Å². The van der Waals surface area contributed by atoms with Crippen LogP contribution in [-0.4, -0.2) is 15.7 Å².